The zero-order chi connectivity index (χ0) is 16.6. The average molecular weight is 356 g/mol. The van der Waals surface area contributed by atoms with Crippen LogP contribution in [0.5, 0.6) is 0 Å². The Balaban J connectivity index is 1.89. The molecule has 5 nitrogen and oxygen atoms in total. The maximum absolute atomic E-state index is 12.8. The van der Waals surface area contributed by atoms with Crippen LogP contribution in [0.1, 0.15) is 38.5 Å². The molecule has 2 fully saturated rings. The fraction of sp³-hybridized carbons (Fsp3) is 0.500. The largest absolute Gasteiger partial charge is 0.274 e. The van der Waals surface area contributed by atoms with Gasteiger partial charge in [0.15, 0.2) is 9.84 Å². The Morgan fingerprint density at radius 3 is 2.43 bits per heavy atom. The molecule has 0 N–H and O–H groups in total. The Bertz CT molecular complexity index is 740. The first-order valence-electron chi connectivity index (χ1n) is 7.76. The van der Waals surface area contributed by atoms with Crippen molar-refractivity contribution in [3.05, 3.63) is 29.3 Å². The van der Waals surface area contributed by atoms with Crippen LogP contribution in [0.4, 0.5) is 5.69 Å². The van der Waals surface area contributed by atoms with Crippen LogP contribution in [0.2, 0.25) is 5.02 Å². The molecule has 23 heavy (non-hydrogen) atoms. The number of halogens is 1. The summed E-state index contributed by atoms with van der Waals surface area (Å²) in [6.45, 7) is 0. The van der Waals surface area contributed by atoms with Gasteiger partial charge in [0.1, 0.15) is 5.25 Å². The topological polar surface area (TPSA) is 71.5 Å². The summed E-state index contributed by atoms with van der Waals surface area (Å²) in [7, 11) is -3.64. The standard InChI is InChI=1S/C16H18ClNO4S/c17-11-5-4-6-12(9-11)18-15(19)10-14(16(18)20)23(21,22)13-7-2-1-3-8-13/h4-6,9,13-14H,1-3,7-8,10H2. The van der Waals surface area contributed by atoms with Crippen LogP contribution >= 0.6 is 11.6 Å². The van der Waals surface area contributed by atoms with Gasteiger partial charge in [0.25, 0.3) is 5.91 Å². The van der Waals surface area contributed by atoms with Gasteiger partial charge in [-0.1, -0.05) is 36.9 Å². The van der Waals surface area contributed by atoms with Crippen molar-refractivity contribution < 1.29 is 18.0 Å². The van der Waals surface area contributed by atoms with Crippen molar-refractivity contribution in [2.75, 3.05) is 4.90 Å². The van der Waals surface area contributed by atoms with Gasteiger partial charge in [-0.3, -0.25) is 9.59 Å². The van der Waals surface area contributed by atoms with Crippen LogP contribution in [0, 0.1) is 0 Å². The molecule has 1 saturated carbocycles. The van der Waals surface area contributed by atoms with E-state index < -0.39 is 32.2 Å². The molecule has 124 valence electrons. The quantitative estimate of drug-likeness (QED) is 0.781. The van der Waals surface area contributed by atoms with E-state index in [9.17, 15) is 18.0 Å². The van der Waals surface area contributed by atoms with Crippen molar-refractivity contribution in [2.45, 2.75) is 49.0 Å². The zero-order valence-electron chi connectivity index (χ0n) is 12.6. The maximum Gasteiger partial charge on any atom is 0.252 e. The summed E-state index contributed by atoms with van der Waals surface area (Å²) in [6, 6.07) is 6.33. The van der Waals surface area contributed by atoms with Crippen LogP contribution in [0.15, 0.2) is 24.3 Å². The Morgan fingerprint density at radius 2 is 1.78 bits per heavy atom. The van der Waals surface area contributed by atoms with Crippen molar-refractivity contribution >= 4 is 38.9 Å². The van der Waals surface area contributed by atoms with E-state index in [1.165, 1.54) is 6.07 Å². The van der Waals surface area contributed by atoms with Gasteiger partial charge < -0.3 is 0 Å². The number of nitrogens with zero attached hydrogens (tertiary/aromatic N) is 1. The van der Waals surface area contributed by atoms with Gasteiger partial charge in [-0.25, -0.2) is 13.3 Å². The third kappa shape index (κ3) is 3.02. The Labute approximate surface area is 140 Å². The fourth-order valence-electron chi connectivity index (χ4n) is 3.37. The summed E-state index contributed by atoms with van der Waals surface area (Å²) in [4.78, 5) is 25.8. The lowest BCUT2D eigenvalue weighted by atomic mass is 10.0. The molecule has 1 aliphatic carbocycles. The normalized spacial score (nSPS) is 23.5. The third-order valence-corrected chi connectivity index (χ3v) is 7.38. The molecule has 1 aromatic carbocycles. The summed E-state index contributed by atoms with van der Waals surface area (Å²) < 4.78 is 25.5. The number of carbonyl (C=O) groups excluding carboxylic acids is 2. The first kappa shape index (κ1) is 16.5. The number of sulfone groups is 1. The maximum atomic E-state index is 12.8. The minimum absolute atomic E-state index is 0.274. The first-order valence-corrected chi connectivity index (χ1v) is 9.75. The van der Waals surface area contributed by atoms with E-state index in [1.807, 2.05) is 0 Å². The molecule has 1 unspecified atom stereocenters. The Morgan fingerprint density at radius 1 is 1.09 bits per heavy atom. The van der Waals surface area contributed by atoms with E-state index in [4.69, 9.17) is 11.6 Å². The molecule has 1 aliphatic heterocycles. The molecule has 1 aromatic rings. The van der Waals surface area contributed by atoms with Crippen LogP contribution in [0.3, 0.4) is 0 Å². The molecule has 1 heterocycles. The van der Waals surface area contributed by atoms with E-state index in [2.05, 4.69) is 0 Å². The molecule has 0 aromatic heterocycles. The number of hydrogen-bond donors (Lipinski definition) is 0. The highest BCUT2D eigenvalue weighted by atomic mass is 35.5. The molecule has 3 rings (SSSR count). The monoisotopic (exact) mass is 355 g/mol. The second-order valence-electron chi connectivity index (χ2n) is 6.09. The van der Waals surface area contributed by atoms with Gasteiger partial charge in [-0.15, -0.1) is 0 Å². The predicted octanol–water partition coefficient (Wildman–Crippen LogP) is 2.72. The third-order valence-electron chi connectivity index (χ3n) is 4.59. The van der Waals surface area contributed by atoms with Crippen molar-refractivity contribution in [3.63, 3.8) is 0 Å². The van der Waals surface area contributed by atoms with E-state index in [0.717, 1.165) is 24.2 Å². The highest BCUT2D eigenvalue weighted by Crippen LogP contribution is 2.33. The van der Waals surface area contributed by atoms with Gasteiger partial charge in [-0.05, 0) is 31.0 Å². The second-order valence-corrected chi connectivity index (χ2v) is 8.94. The van der Waals surface area contributed by atoms with Crippen LogP contribution < -0.4 is 4.90 Å². The first-order chi connectivity index (χ1) is 10.9. The lowest BCUT2D eigenvalue weighted by molar-refractivity contribution is -0.121. The number of amides is 2. The van der Waals surface area contributed by atoms with Crippen molar-refractivity contribution in [2.24, 2.45) is 0 Å². The molecule has 0 bridgehead atoms. The molecule has 7 heteroatoms. The molecule has 2 aliphatic rings. The van der Waals surface area contributed by atoms with Gasteiger partial charge in [0.2, 0.25) is 5.91 Å². The molecule has 1 saturated heterocycles. The van der Waals surface area contributed by atoms with E-state index in [1.54, 1.807) is 18.2 Å². The van der Waals surface area contributed by atoms with Gasteiger partial charge >= 0.3 is 0 Å². The summed E-state index contributed by atoms with van der Waals surface area (Å²) in [5.74, 6) is -1.13. The number of benzene rings is 1. The smallest absolute Gasteiger partial charge is 0.252 e. The number of carbonyl (C=O) groups is 2. The molecule has 1 atom stereocenters. The summed E-state index contributed by atoms with van der Waals surface area (Å²) in [6.07, 6.45) is 3.63. The number of rotatable bonds is 3. The lowest BCUT2D eigenvalue weighted by Crippen LogP contribution is -2.40. The lowest BCUT2D eigenvalue weighted by Gasteiger charge is -2.24. The Hall–Kier alpha value is -1.40. The van der Waals surface area contributed by atoms with E-state index >= 15 is 0 Å². The van der Waals surface area contributed by atoms with Gasteiger partial charge in [0.05, 0.1) is 17.4 Å². The summed E-state index contributed by atoms with van der Waals surface area (Å²) >= 11 is 5.90. The number of hydrogen-bond acceptors (Lipinski definition) is 4. The summed E-state index contributed by atoms with van der Waals surface area (Å²) in [5.41, 5.74) is 0.328. The molecule has 0 spiro atoms. The number of imide groups is 1. The minimum Gasteiger partial charge on any atom is -0.274 e. The highest BCUT2D eigenvalue weighted by molar-refractivity contribution is 7.93. The van der Waals surface area contributed by atoms with E-state index in [0.29, 0.717) is 23.6 Å². The van der Waals surface area contributed by atoms with Crippen LogP contribution in [-0.4, -0.2) is 30.7 Å². The minimum atomic E-state index is -3.64. The van der Waals surface area contributed by atoms with Crippen molar-refractivity contribution in [3.8, 4) is 0 Å². The fourth-order valence-corrected chi connectivity index (χ4v) is 5.77. The SMILES string of the molecule is O=C1CC(S(=O)(=O)C2CCCCC2)C(=O)N1c1cccc(Cl)c1. The van der Waals surface area contributed by atoms with E-state index in [-0.39, 0.29) is 6.42 Å². The van der Waals surface area contributed by atoms with Crippen LogP contribution in [-0.2, 0) is 19.4 Å². The predicted molar refractivity (Wildman–Crippen MR) is 88.1 cm³/mol. The molecule has 2 amide bonds. The zero-order valence-corrected chi connectivity index (χ0v) is 14.1. The Kier molecular flexibility index (Phi) is 4.47. The number of anilines is 1. The van der Waals surface area contributed by atoms with Gasteiger partial charge in [-0.2, -0.15) is 0 Å². The average Bonchev–Trinajstić information content (AvgIpc) is 2.83. The molecule has 0 radical (unpaired) electrons. The van der Waals surface area contributed by atoms with Crippen molar-refractivity contribution in [1.82, 2.24) is 0 Å². The van der Waals surface area contributed by atoms with Gasteiger partial charge in [0, 0.05) is 5.02 Å². The molecular weight excluding hydrogens is 338 g/mol. The second kappa shape index (κ2) is 6.24. The molecular formula is C16H18ClNO4S. The van der Waals surface area contributed by atoms with Crippen LogP contribution in [0.25, 0.3) is 0 Å². The highest BCUT2D eigenvalue weighted by Gasteiger charge is 2.49. The summed E-state index contributed by atoms with van der Waals surface area (Å²) in [5, 5.41) is -1.36. The van der Waals surface area contributed by atoms with Crippen molar-refractivity contribution in [1.29, 1.82) is 0 Å².